The van der Waals surface area contributed by atoms with Crippen molar-refractivity contribution in [1.29, 1.82) is 0 Å². The summed E-state index contributed by atoms with van der Waals surface area (Å²) in [5, 5.41) is 16.5. The second kappa shape index (κ2) is 7.72. The zero-order valence-electron chi connectivity index (χ0n) is 15.8. The van der Waals surface area contributed by atoms with E-state index in [0.29, 0.717) is 29.8 Å². The number of hydrogen-bond acceptors (Lipinski definition) is 4. The molecule has 0 aliphatic heterocycles. The fourth-order valence-electron chi connectivity index (χ4n) is 4.23. The lowest BCUT2D eigenvalue weighted by Gasteiger charge is -2.70. The second-order valence-corrected chi connectivity index (χ2v) is 8.79. The molecule has 2 aromatic carbocycles. The lowest BCUT2D eigenvalue weighted by molar-refractivity contribution is -0.154. The molecule has 30 heavy (non-hydrogen) atoms. The SMILES string of the molecule is O=C(COc1ccc(Cl)c(F)c1)NC12CC(NC(=O)[C@H](O)c3ccc(Cl)cc3)(C1)C2. The third-order valence-electron chi connectivity index (χ3n) is 5.52. The molecule has 6 nitrogen and oxygen atoms in total. The van der Waals surface area contributed by atoms with Gasteiger partial charge in [-0.2, -0.15) is 0 Å². The first kappa shape index (κ1) is 20.9. The maximum absolute atomic E-state index is 13.4. The van der Waals surface area contributed by atoms with Crippen molar-refractivity contribution in [2.24, 2.45) is 0 Å². The van der Waals surface area contributed by atoms with Crippen LogP contribution in [0.3, 0.4) is 0 Å². The zero-order chi connectivity index (χ0) is 21.5. The fraction of sp³-hybridized carbons (Fsp3) is 0.333. The van der Waals surface area contributed by atoms with Crippen LogP contribution in [0.5, 0.6) is 5.75 Å². The van der Waals surface area contributed by atoms with Crippen molar-refractivity contribution in [3.8, 4) is 5.75 Å². The summed E-state index contributed by atoms with van der Waals surface area (Å²) in [6.45, 7) is -0.253. The van der Waals surface area contributed by atoms with Crippen molar-refractivity contribution in [3.05, 3.63) is 63.9 Å². The lowest BCUT2D eigenvalue weighted by Crippen LogP contribution is -2.84. The number of nitrogens with one attached hydrogen (secondary N) is 2. The number of amides is 2. The van der Waals surface area contributed by atoms with Gasteiger partial charge in [0.05, 0.1) is 5.02 Å². The molecule has 0 unspecified atom stereocenters. The van der Waals surface area contributed by atoms with Crippen LogP contribution in [0.4, 0.5) is 4.39 Å². The molecule has 0 aromatic heterocycles. The minimum atomic E-state index is -1.28. The highest BCUT2D eigenvalue weighted by atomic mass is 35.5. The molecule has 9 heteroatoms. The Balaban J connectivity index is 1.23. The number of aliphatic hydroxyl groups excluding tert-OH is 1. The lowest BCUT2D eigenvalue weighted by atomic mass is 9.44. The summed E-state index contributed by atoms with van der Waals surface area (Å²) in [6.07, 6.45) is 0.469. The van der Waals surface area contributed by atoms with Crippen molar-refractivity contribution >= 4 is 35.0 Å². The van der Waals surface area contributed by atoms with E-state index in [-0.39, 0.29) is 28.8 Å². The van der Waals surface area contributed by atoms with E-state index >= 15 is 0 Å². The minimum absolute atomic E-state index is 0.0193. The summed E-state index contributed by atoms with van der Waals surface area (Å²) in [5.41, 5.74) is -0.315. The van der Waals surface area contributed by atoms with E-state index in [2.05, 4.69) is 10.6 Å². The Bertz CT molecular complexity index is 979. The Morgan fingerprint density at radius 1 is 1.07 bits per heavy atom. The molecule has 3 aliphatic carbocycles. The fourth-order valence-corrected chi connectivity index (χ4v) is 4.47. The van der Waals surface area contributed by atoms with E-state index in [4.69, 9.17) is 27.9 Å². The van der Waals surface area contributed by atoms with Gasteiger partial charge in [0.15, 0.2) is 12.7 Å². The van der Waals surface area contributed by atoms with Gasteiger partial charge in [0, 0.05) is 22.2 Å². The maximum atomic E-state index is 13.4. The topological polar surface area (TPSA) is 87.7 Å². The van der Waals surface area contributed by atoms with Crippen molar-refractivity contribution in [2.45, 2.75) is 36.4 Å². The van der Waals surface area contributed by atoms with E-state index in [1.165, 1.54) is 12.1 Å². The summed E-state index contributed by atoms with van der Waals surface area (Å²) in [6, 6.07) is 10.4. The van der Waals surface area contributed by atoms with Crippen LogP contribution in [0.15, 0.2) is 42.5 Å². The predicted octanol–water partition coefficient (Wildman–Crippen LogP) is 3.15. The number of carbonyl (C=O) groups is 2. The van der Waals surface area contributed by atoms with Crippen LogP contribution in [0.1, 0.15) is 30.9 Å². The molecule has 2 bridgehead atoms. The molecule has 1 atom stereocenters. The first-order valence-corrected chi connectivity index (χ1v) is 10.1. The van der Waals surface area contributed by atoms with E-state index in [9.17, 15) is 19.1 Å². The molecule has 3 saturated carbocycles. The molecule has 2 amide bonds. The molecule has 2 aromatic rings. The van der Waals surface area contributed by atoms with Crippen molar-refractivity contribution in [3.63, 3.8) is 0 Å². The molecule has 3 aliphatic rings. The maximum Gasteiger partial charge on any atom is 0.258 e. The minimum Gasteiger partial charge on any atom is -0.484 e. The average Bonchev–Trinajstić information content (AvgIpc) is 2.66. The van der Waals surface area contributed by atoms with Crippen LogP contribution < -0.4 is 15.4 Å². The van der Waals surface area contributed by atoms with Gasteiger partial charge in [0.25, 0.3) is 11.8 Å². The van der Waals surface area contributed by atoms with Gasteiger partial charge in [0.2, 0.25) is 0 Å². The average molecular weight is 453 g/mol. The van der Waals surface area contributed by atoms with Gasteiger partial charge in [0.1, 0.15) is 11.6 Å². The van der Waals surface area contributed by atoms with Gasteiger partial charge in [-0.15, -0.1) is 0 Å². The highest BCUT2D eigenvalue weighted by Gasteiger charge is 2.69. The van der Waals surface area contributed by atoms with Gasteiger partial charge < -0.3 is 20.5 Å². The normalized spacial score (nSPS) is 24.8. The number of ether oxygens (including phenoxy) is 1. The Hall–Kier alpha value is -2.35. The van der Waals surface area contributed by atoms with Crippen LogP contribution in [-0.4, -0.2) is 34.6 Å². The van der Waals surface area contributed by atoms with Crippen LogP contribution in [0, 0.1) is 5.82 Å². The van der Waals surface area contributed by atoms with Crippen LogP contribution in [0.25, 0.3) is 0 Å². The molecule has 3 N–H and O–H groups in total. The van der Waals surface area contributed by atoms with Gasteiger partial charge in [-0.25, -0.2) is 4.39 Å². The third-order valence-corrected chi connectivity index (χ3v) is 6.08. The second-order valence-electron chi connectivity index (χ2n) is 7.95. The summed E-state index contributed by atoms with van der Waals surface area (Å²) in [7, 11) is 0. The molecule has 0 saturated heterocycles. The molecule has 158 valence electrons. The van der Waals surface area contributed by atoms with E-state index in [1.54, 1.807) is 24.3 Å². The molecule has 0 radical (unpaired) electrons. The molecule has 5 rings (SSSR count). The Morgan fingerprint density at radius 3 is 2.33 bits per heavy atom. The first-order chi connectivity index (χ1) is 14.2. The van der Waals surface area contributed by atoms with Crippen LogP contribution >= 0.6 is 23.2 Å². The largest absolute Gasteiger partial charge is 0.484 e. The van der Waals surface area contributed by atoms with Crippen molar-refractivity contribution in [2.75, 3.05) is 6.61 Å². The summed E-state index contributed by atoms with van der Waals surface area (Å²) < 4.78 is 18.7. The van der Waals surface area contributed by atoms with Crippen molar-refractivity contribution < 1.29 is 23.8 Å². The monoisotopic (exact) mass is 452 g/mol. The number of aliphatic hydroxyl groups is 1. The Labute approximate surface area is 182 Å². The highest BCUT2D eigenvalue weighted by molar-refractivity contribution is 6.31. The highest BCUT2D eigenvalue weighted by Crippen LogP contribution is 2.60. The van der Waals surface area contributed by atoms with E-state index < -0.39 is 23.4 Å². The van der Waals surface area contributed by atoms with E-state index in [0.717, 1.165) is 6.07 Å². The number of benzene rings is 2. The van der Waals surface area contributed by atoms with Gasteiger partial charge in [-0.1, -0.05) is 35.3 Å². The molecule has 0 spiro atoms. The summed E-state index contributed by atoms with van der Waals surface area (Å²) in [4.78, 5) is 24.5. The van der Waals surface area contributed by atoms with Gasteiger partial charge in [-0.05, 0) is 49.1 Å². The Morgan fingerprint density at radius 2 is 1.70 bits per heavy atom. The number of rotatable bonds is 7. The zero-order valence-corrected chi connectivity index (χ0v) is 17.3. The smallest absolute Gasteiger partial charge is 0.258 e. The quantitative estimate of drug-likeness (QED) is 0.601. The number of hydrogen-bond donors (Lipinski definition) is 3. The number of carbonyl (C=O) groups excluding carboxylic acids is 2. The van der Waals surface area contributed by atoms with E-state index in [1.807, 2.05) is 0 Å². The standard InChI is InChI=1S/C21H19Cl2FN2O4/c22-13-3-1-12(2-4-13)18(28)19(29)26-21-9-20(10-21,11-21)25-17(27)8-30-14-5-6-15(23)16(24)7-14/h1-7,18,28H,8-11H2,(H,25,27)(H,26,29)/t18-,20?,21?/m1/s1. The van der Waals surface area contributed by atoms with Gasteiger partial charge in [-0.3, -0.25) is 9.59 Å². The summed E-state index contributed by atoms with van der Waals surface area (Å²) >= 11 is 11.4. The predicted molar refractivity (Wildman–Crippen MR) is 109 cm³/mol. The molecule has 0 heterocycles. The van der Waals surface area contributed by atoms with Crippen LogP contribution in [0.2, 0.25) is 10.0 Å². The Kier molecular flexibility index (Phi) is 5.38. The van der Waals surface area contributed by atoms with Crippen molar-refractivity contribution in [1.82, 2.24) is 10.6 Å². The first-order valence-electron chi connectivity index (χ1n) is 9.34. The molecule has 3 fully saturated rings. The summed E-state index contributed by atoms with van der Waals surface area (Å²) in [5.74, 6) is -1.21. The van der Waals surface area contributed by atoms with Gasteiger partial charge >= 0.3 is 0 Å². The van der Waals surface area contributed by atoms with Crippen LogP contribution in [-0.2, 0) is 9.59 Å². The molecular weight excluding hydrogens is 434 g/mol. The molecular formula is C21H19Cl2FN2O4. The number of halogens is 3. The third kappa shape index (κ3) is 4.10.